The van der Waals surface area contributed by atoms with Crippen LogP contribution in [-0.2, 0) is 6.54 Å². The summed E-state index contributed by atoms with van der Waals surface area (Å²) in [5.41, 5.74) is 0.980. The molecule has 0 spiro atoms. The van der Waals surface area contributed by atoms with Crippen molar-refractivity contribution >= 4 is 17.3 Å². The minimum absolute atomic E-state index is 0.0393. The fraction of sp³-hybridized carbons (Fsp3) is 0.500. The third-order valence-electron chi connectivity index (χ3n) is 3.09. The molecule has 0 amide bonds. The number of benzene rings is 1. The highest BCUT2D eigenvalue weighted by Crippen LogP contribution is 2.23. The van der Waals surface area contributed by atoms with Crippen LogP contribution in [0.2, 0.25) is 5.02 Å². The molecule has 0 radical (unpaired) electrons. The maximum Gasteiger partial charge on any atom is 0.270 e. The fourth-order valence-corrected chi connectivity index (χ4v) is 2.41. The summed E-state index contributed by atoms with van der Waals surface area (Å²) >= 11 is 6.08. The van der Waals surface area contributed by atoms with Crippen LogP contribution < -0.4 is 5.32 Å². The summed E-state index contributed by atoms with van der Waals surface area (Å²) in [7, 11) is 0. The predicted molar refractivity (Wildman–Crippen MR) is 70.8 cm³/mol. The van der Waals surface area contributed by atoms with Gasteiger partial charge in [0, 0.05) is 44.4 Å². The van der Waals surface area contributed by atoms with Gasteiger partial charge in [0.15, 0.2) is 0 Å². The Balaban J connectivity index is 2.07. The highest BCUT2D eigenvalue weighted by Gasteiger charge is 2.17. The number of hydrogen-bond acceptors (Lipinski definition) is 4. The van der Waals surface area contributed by atoms with E-state index in [-0.39, 0.29) is 5.69 Å². The second-order valence-electron chi connectivity index (χ2n) is 4.62. The predicted octanol–water partition coefficient (Wildman–Crippen LogP) is 2.04. The Morgan fingerprint density at radius 1 is 1.61 bits per heavy atom. The third kappa shape index (κ3) is 3.19. The monoisotopic (exact) mass is 269 g/mol. The molecule has 0 unspecified atom stereocenters. The van der Waals surface area contributed by atoms with Crippen molar-refractivity contribution in [1.29, 1.82) is 0 Å². The molecule has 2 rings (SSSR count). The number of nitro benzene ring substituents is 1. The number of rotatable bonds is 3. The van der Waals surface area contributed by atoms with E-state index < -0.39 is 4.92 Å². The number of nitrogens with one attached hydrogen (secondary N) is 1. The molecule has 5 nitrogen and oxygen atoms in total. The van der Waals surface area contributed by atoms with Crippen LogP contribution in [0.25, 0.3) is 0 Å². The zero-order chi connectivity index (χ0) is 13.1. The van der Waals surface area contributed by atoms with Gasteiger partial charge in [-0.05, 0) is 18.6 Å². The van der Waals surface area contributed by atoms with Gasteiger partial charge in [-0.1, -0.05) is 11.6 Å². The van der Waals surface area contributed by atoms with Gasteiger partial charge in [-0.2, -0.15) is 0 Å². The Bertz CT molecular complexity index is 453. The Kier molecular flexibility index (Phi) is 4.16. The highest BCUT2D eigenvalue weighted by molar-refractivity contribution is 6.31. The van der Waals surface area contributed by atoms with Gasteiger partial charge < -0.3 is 5.32 Å². The van der Waals surface area contributed by atoms with E-state index in [0.29, 0.717) is 11.1 Å². The SMILES string of the molecule is C[C@@H]1CN(Cc2ccc([N+](=O)[O-])cc2Cl)CCN1. The van der Waals surface area contributed by atoms with E-state index in [2.05, 4.69) is 17.1 Å². The summed E-state index contributed by atoms with van der Waals surface area (Å²) < 4.78 is 0. The van der Waals surface area contributed by atoms with Gasteiger partial charge in [0.2, 0.25) is 0 Å². The number of nitrogens with zero attached hydrogens (tertiary/aromatic N) is 2. The summed E-state index contributed by atoms with van der Waals surface area (Å²) in [4.78, 5) is 12.5. The third-order valence-corrected chi connectivity index (χ3v) is 3.45. The Morgan fingerprint density at radius 2 is 2.39 bits per heavy atom. The molecule has 0 bridgehead atoms. The smallest absolute Gasteiger partial charge is 0.270 e. The molecule has 1 fully saturated rings. The number of hydrogen-bond donors (Lipinski definition) is 1. The number of halogens is 1. The number of non-ortho nitro benzene ring substituents is 1. The van der Waals surface area contributed by atoms with Crippen molar-refractivity contribution in [2.24, 2.45) is 0 Å². The summed E-state index contributed by atoms with van der Waals surface area (Å²) in [5, 5.41) is 14.5. The molecule has 0 aromatic heterocycles. The van der Waals surface area contributed by atoms with Crippen LogP contribution in [0, 0.1) is 10.1 Å². The largest absolute Gasteiger partial charge is 0.312 e. The standard InChI is InChI=1S/C12H16ClN3O2/c1-9-7-15(5-4-14-9)8-10-2-3-11(16(17)18)6-12(10)13/h2-3,6,9,14H,4-5,7-8H2,1H3/t9-/m1/s1. The molecular formula is C12H16ClN3O2. The first kappa shape index (κ1) is 13.3. The molecular weight excluding hydrogens is 254 g/mol. The minimum Gasteiger partial charge on any atom is -0.312 e. The molecule has 98 valence electrons. The molecule has 1 atom stereocenters. The van der Waals surface area contributed by atoms with Gasteiger partial charge in [0.05, 0.1) is 9.95 Å². The van der Waals surface area contributed by atoms with E-state index in [1.54, 1.807) is 6.07 Å². The summed E-state index contributed by atoms with van der Waals surface area (Å²) in [6.07, 6.45) is 0. The minimum atomic E-state index is -0.428. The molecule has 1 aromatic rings. The zero-order valence-electron chi connectivity index (χ0n) is 10.2. The van der Waals surface area contributed by atoms with E-state index in [1.165, 1.54) is 12.1 Å². The molecule has 1 N–H and O–H groups in total. The summed E-state index contributed by atoms with van der Waals surface area (Å²) in [5.74, 6) is 0. The molecule has 1 heterocycles. The first-order valence-electron chi connectivity index (χ1n) is 5.95. The average molecular weight is 270 g/mol. The van der Waals surface area contributed by atoms with E-state index in [1.807, 2.05) is 0 Å². The summed E-state index contributed by atoms with van der Waals surface area (Å²) in [6, 6.07) is 5.14. The van der Waals surface area contributed by atoms with Gasteiger partial charge in [0.1, 0.15) is 0 Å². The van der Waals surface area contributed by atoms with Gasteiger partial charge in [-0.3, -0.25) is 15.0 Å². The quantitative estimate of drug-likeness (QED) is 0.674. The van der Waals surface area contributed by atoms with Crippen LogP contribution in [0.15, 0.2) is 18.2 Å². The maximum absolute atomic E-state index is 10.6. The first-order valence-corrected chi connectivity index (χ1v) is 6.32. The molecule has 6 heteroatoms. The fourth-order valence-electron chi connectivity index (χ4n) is 2.17. The van der Waals surface area contributed by atoms with Crippen LogP contribution in [0.3, 0.4) is 0 Å². The molecule has 1 aliphatic rings. The van der Waals surface area contributed by atoms with Gasteiger partial charge >= 0.3 is 0 Å². The number of nitro groups is 1. The van der Waals surface area contributed by atoms with Gasteiger partial charge in [-0.15, -0.1) is 0 Å². The normalized spacial score (nSPS) is 20.9. The maximum atomic E-state index is 10.6. The lowest BCUT2D eigenvalue weighted by Gasteiger charge is -2.31. The molecule has 0 aliphatic carbocycles. The Morgan fingerprint density at radius 3 is 3.00 bits per heavy atom. The van der Waals surface area contributed by atoms with Crippen molar-refractivity contribution in [3.63, 3.8) is 0 Å². The Hall–Kier alpha value is -1.17. The van der Waals surface area contributed by atoms with Crippen LogP contribution in [0.5, 0.6) is 0 Å². The molecule has 0 saturated carbocycles. The summed E-state index contributed by atoms with van der Waals surface area (Å²) in [6.45, 7) is 5.78. The van der Waals surface area contributed by atoms with Crippen molar-refractivity contribution in [1.82, 2.24) is 10.2 Å². The lowest BCUT2D eigenvalue weighted by atomic mass is 10.1. The van der Waals surface area contributed by atoms with Gasteiger partial charge in [-0.25, -0.2) is 0 Å². The zero-order valence-corrected chi connectivity index (χ0v) is 11.0. The average Bonchev–Trinajstić information content (AvgIpc) is 2.31. The van der Waals surface area contributed by atoms with Crippen LogP contribution in [-0.4, -0.2) is 35.5 Å². The van der Waals surface area contributed by atoms with Crippen molar-refractivity contribution in [2.75, 3.05) is 19.6 Å². The molecule has 1 aromatic carbocycles. The highest BCUT2D eigenvalue weighted by atomic mass is 35.5. The second kappa shape index (κ2) is 5.65. The van der Waals surface area contributed by atoms with Crippen LogP contribution >= 0.6 is 11.6 Å². The van der Waals surface area contributed by atoms with E-state index >= 15 is 0 Å². The van der Waals surface area contributed by atoms with E-state index in [9.17, 15) is 10.1 Å². The topological polar surface area (TPSA) is 58.4 Å². The van der Waals surface area contributed by atoms with Crippen molar-refractivity contribution in [3.05, 3.63) is 38.9 Å². The molecule has 1 aliphatic heterocycles. The van der Waals surface area contributed by atoms with Crippen molar-refractivity contribution in [3.8, 4) is 0 Å². The first-order chi connectivity index (χ1) is 8.56. The van der Waals surface area contributed by atoms with Crippen molar-refractivity contribution < 1.29 is 4.92 Å². The van der Waals surface area contributed by atoms with Gasteiger partial charge in [0.25, 0.3) is 5.69 Å². The lowest BCUT2D eigenvalue weighted by molar-refractivity contribution is -0.384. The number of piperazine rings is 1. The second-order valence-corrected chi connectivity index (χ2v) is 5.03. The van der Waals surface area contributed by atoms with E-state index in [4.69, 9.17) is 11.6 Å². The van der Waals surface area contributed by atoms with E-state index in [0.717, 1.165) is 31.7 Å². The van der Waals surface area contributed by atoms with Crippen LogP contribution in [0.4, 0.5) is 5.69 Å². The molecule has 18 heavy (non-hydrogen) atoms. The van der Waals surface area contributed by atoms with Crippen molar-refractivity contribution in [2.45, 2.75) is 19.5 Å². The Labute approximate surface area is 111 Å². The molecule has 1 saturated heterocycles. The lowest BCUT2D eigenvalue weighted by Crippen LogP contribution is -2.48. The van der Waals surface area contributed by atoms with Crippen LogP contribution in [0.1, 0.15) is 12.5 Å².